The zero-order valence-corrected chi connectivity index (χ0v) is 10.0. The molecule has 1 rings (SSSR count). The van der Waals surface area contributed by atoms with E-state index in [0.29, 0.717) is 0 Å². The molecule has 1 aromatic rings. The Morgan fingerprint density at radius 3 is 2.61 bits per heavy atom. The van der Waals surface area contributed by atoms with Crippen LogP contribution in [0.4, 0.5) is 10.5 Å². The number of phenolic OH excluding ortho intramolecular Hbond substituents is 2. The Bertz CT molecular complexity index is 514. The van der Waals surface area contributed by atoms with Crippen LogP contribution in [0.15, 0.2) is 11.1 Å². The summed E-state index contributed by atoms with van der Waals surface area (Å²) in [5.41, 5.74) is 9.98. The summed E-state index contributed by atoms with van der Waals surface area (Å²) in [5, 5.41) is 20.7. The highest BCUT2D eigenvalue weighted by Gasteiger charge is 2.18. The molecule has 0 aliphatic carbocycles. The molecule has 0 aliphatic rings. The maximum absolute atomic E-state index is 11.3. The number of aliphatic imine (C=N–C) groups is 1. The summed E-state index contributed by atoms with van der Waals surface area (Å²) in [5.74, 6) is -1.49. The van der Waals surface area contributed by atoms with Gasteiger partial charge in [-0.1, -0.05) is 11.6 Å². The van der Waals surface area contributed by atoms with Gasteiger partial charge in [-0.05, 0) is 0 Å². The number of guanidine groups is 1. The Morgan fingerprint density at radius 2 is 2.11 bits per heavy atom. The Kier molecular flexibility index (Phi) is 4.05. The number of phenols is 2. The van der Waals surface area contributed by atoms with E-state index in [9.17, 15) is 15.0 Å². The zero-order chi connectivity index (χ0) is 13.9. The number of nitrogens with one attached hydrogen (secondary N) is 1. The van der Waals surface area contributed by atoms with Crippen molar-refractivity contribution in [2.75, 3.05) is 12.4 Å². The smallest absolute Gasteiger partial charge is 0.348 e. The van der Waals surface area contributed by atoms with Gasteiger partial charge in [0.1, 0.15) is 16.5 Å². The van der Waals surface area contributed by atoms with Crippen LogP contribution in [0, 0.1) is 0 Å². The van der Waals surface area contributed by atoms with Crippen LogP contribution in [-0.2, 0) is 0 Å². The number of nitrogens with zero attached hydrogens (tertiary/aromatic N) is 1. The minimum atomic E-state index is -0.903. The van der Waals surface area contributed by atoms with Gasteiger partial charge >= 0.3 is 6.03 Å². The molecule has 0 bridgehead atoms. The third kappa shape index (κ3) is 2.86. The van der Waals surface area contributed by atoms with Crippen LogP contribution < -0.4 is 21.5 Å². The molecule has 0 radical (unpaired) electrons. The molecule has 0 atom stereocenters. The summed E-state index contributed by atoms with van der Waals surface area (Å²) in [7, 11) is 1.29. The number of benzene rings is 1. The number of nitrogens with two attached hydrogens (primary N) is 2. The first-order valence-corrected chi connectivity index (χ1v) is 4.93. The average Bonchev–Trinajstić information content (AvgIpc) is 2.28. The van der Waals surface area contributed by atoms with Crippen LogP contribution in [0.25, 0.3) is 0 Å². The fourth-order valence-corrected chi connectivity index (χ4v) is 1.37. The van der Waals surface area contributed by atoms with Gasteiger partial charge in [-0.3, -0.25) is 0 Å². The maximum atomic E-state index is 11.3. The third-order valence-corrected chi connectivity index (χ3v) is 2.23. The minimum absolute atomic E-state index is 0.0365. The van der Waals surface area contributed by atoms with Gasteiger partial charge in [0, 0.05) is 6.07 Å². The average molecular weight is 275 g/mol. The summed E-state index contributed by atoms with van der Waals surface area (Å²) in [4.78, 5) is 14.5. The molecule has 1 aromatic carbocycles. The van der Waals surface area contributed by atoms with Gasteiger partial charge in [-0.25, -0.2) is 4.79 Å². The lowest BCUT2D eigenvalue weighted by molar-refractivity contribution is 0.259. The van der Waals surface area contributed by atoms with Crippen molar-refractivity contribution in [2.24, 2.45) is 16.5 Å². The number of hydrogen-bond acceptors (Lipinski definition) is 4. The van der Waals surface area contributed by atoms with Crippen LogP contribution in [0.5, 0.6) is 17.2 Å². The van der Waals surface area contributed by atoms with Gasteiger partial charge in [-0.2, -0.15) is 4.99 Å². The van der Waals surface area contributed by atoms with Gasteiger partial charge in [0.05, 0.1) is 7.11 Å². The Balaban J connectivity index is 3.19. The molecule has 0 heterocycles. The number of halogens is 1. The Morgan fingerprint density at radius 1 is 1.50 bits per heavy atom. The summed E-state index contributed by atoms with van der Waals surface area (Å²) >= 11 is 5.75. The monoisotopic (exact) mass is 274 g/mol. The highest BCUT2D eigenvalue weighted by Crippen LogP contribution is 2.44. The first kappa shape index (κ1) is 13.7. The number of methoxy groups -OCH3 is 1. The number of carbonyl (C=O) groups is 1. The summed E-state index contributed by atoms with van der Waals surface area (Å²) in [6.07, 6.45) is 0. The van der Waals surface area contributed by atoms with Crippen molar-refractivity contribution >= 4 is 29.3 Å². The van der Waals surface area contributed by atoms with Crippen LogP contribution in [-0.4, -0.2) is 29.3 Å². The summed E-state index contributed by atoms with van der Waals surface area (Å²) < 4.78 is 4.89. The molecule has 98 valence electrons. The lowest BCUT2D eigenvalue weighted by Crippen LogP contribution is -2.25. The van der Waals surface area contributed by atoms with E-state index in [1.807, 2.05) is 0 Å². The lowest BCUT2D eigenvalue weighted by atomic mass is 10.2. The molecular weight excluding hydrogens is 264 g/mol. The van der Waals surface area contributed by atoms with Crippen LogP contribution in [0.1, 0.15) is 0 Å². The van der Waals surface area contributed by atoms with Crippen LogP contribution >= 0.6 is 11.6 Å². The van der Waals surface area contributed by atoms with Crippen molar-refractivity contribution in [2.45, 2.75) is 0 Å². The van der Waals surface area contributed by atoms with E-state index >= 15 is 0 Å². The number of ether oxygens (including phenoxy) is 1. The minimum Gasteiger partial charge on any atom is -0.504 e. The number of urea groups is 1. The van der Waals surface area contributed by atoms with Gasteiger partial charge in [0.25, 0.3) is 0 Å². The fourth-order valence-electron chi connectivity index (χ4n) is 1.13. The van der Waals surface area contributed by atoms with Gasteiger partial charge in [0.15, 0.2) is 17.5 Å². The van der Waals surface area contributed by atoms with E-state index in [1.165, 1.54) is 7.11 Å². The highest BCUT2D eigenvalue weighted by molar-refractivity contribution is 6.36. The highest BCUT2D eigenvalue weighted by atomic mass is 35.5. The lowest BCUT2D eigenvalue weighted by Gasteiger charge is -2.12. The second-order valence-electron chi connectivity index (χ2n) is 3.10. The molecule has 0 aliphatic heterocycles. The predicted molar refractivity (Wildman–Crippen MR) is 66.2 cm³/mol. The number of aromatic hydroxyl groups is 2. The number of amides is 2. The van der Waals surface area contributed by atoms with Gasteiger partial charge in [0.2, 0.25) is 0 Å². The third-order valence-electron chi connectivity index (χ3n) is 1.87. The number of anilines is 1. The Labute approximate surface area is 107 Å². The Hall–Kier alpha value is -2.35. The molecule has 2 amide bonds. The molecule has 0 saturated heterocycles. The van der Waals surface area contributed by atoms with Crippen LogP contribution in [0.2, 0.25) is 5.02 Å². The zero-order valence-electron chi connectivity index (χ0n) is 9.27. The van der Waals surface area contributed by atoms with Crippen molar-refractivity contribution < 1.29 is 19.7 Å². The second-order valence-corrected chi connectivity index (χ2v) is 3.48. The summed E-state index contributed by atoms with van der Waals surface area (Å²) in [6.45, 7) is 0. The van der Waals surface area contributed by atoms with Crippen molar-refractivity contribution in [1.82, 2.24) is 0 Å². The van der Waals surface area contributed by atoms with E-state index in [4.69, 9.17) is 27.8 Å². The van der Waals surface area contributed by atoms with Gasteiger partial charge < -0.3 is 31.7 Å². The van der Waals surface area contributed by atoms with E-state index in [0.717, 1.165) is 6.07 Å². The molecule has 0 aromatic heterocycles. The van der Waals surface area contributed by atoms with E-state index in [-0.39, 0.29) is 16.5 Å². The maximum Gasteiger partial charge on any atom is 0.348 e. The quantitative estimate of drug-likeness (QED) is 0.231. The first-order chi connectivity index (χ1) is 8.36. The molecule has 18 heavy (non-hydrogen) atoms. The fraction of sp³-hybridized carbons (Fsp3) is 0.111. The predicted octanol–water partition coefficient (Wildman–Crippen LogP) is 0.565. The normalized spacial score (nSPS) is 9.67. The molecule has 7 N–H and O–H groups in total. The molecule has 0 fully saturated rings. The van der Waals surface area contributed by atoms with E-state index < -0.39 is 23.5 Å². The number of carbonyl (C=O) groups excluding carboxylic acids is 1. The van der Waals surface area contributed by atoms with Crippen molar-refractivity contribution in [1.29, 1.82) is 0 Å². The van der Waals surface area contributed by atoms with Crippen molar-refractivity contribution in [3.05, 3.63) is 11.1 Å². The summed E-state index contributed by atoms with van der Waals surface area (Å²) in [6, 6.07) is 0.173. The molecule has 8 nitrogen and oxygen atoms in total. The molecule has 0 spiro atoms. The SMILES string of the molecule is COc1cc(O)c(O)c(Cl)c1NC(=O)N=C(N)N. The molecular formula is C9H11ClN4O4. The standard InChI is InChI=1S/C9H11ClN4O4/c1-18-4-2-3(15)7(16)5(10)6(4)13-9(17)14-8(11)12/h2,15-16H,1H3,(H5,11,12,13,14,17). The van der Waals surface area contributed by atoms with Crippen LogP contribution in [0.3, 0.4) is 0 Å². The van der Waals surface area contributed by atoms with E-state index in [2.05, 4.69) is 10.3 Å². The van der Waals surface area contributed by atoms with Crippen molar-refractivity contribution in [3.8, 4) is 17.2 Å². The number of rotatable bonds is 2. The molecule has 0 unspecified atom stereocenters. The topological polar surface area (TPSA) is 143 Å². The van der Waals surface area contributed by atoms with E-state index in [1.54, 1.807) is 0 Å². The van der Waals surface area contributed by atoms with Gasteiger partial charge in [-0.15, -0.1) is 0 Å². The van der Waals surface area contributed by atoms with Crippen molar-refractivity contribution in [3.63, 3.8) is 0 Å². The largest absolute Gasteiger partial charge is 0.504 e. The second kappa shape index (κ2) is 5.32. The number of hydrogen-bond donors (Lipinski definition) is 5. The molecule has 0 saturated carbocycles. The molecule has 9 heteroatoms. The first-order valence-electron chi connectivity index (χ1n) is 4.55.